The second-order valence-electron chi connectivity index (χ2n) is 3.59. The van der Waals surface area contributed by atoms with E-state index in [2.05, 4.69) is 16.8 Å². The summed E-state index contributed by atoms with van der Waals surface area (Å²) in [5.41, 5.74) is 0. The van der Waals surface area contributed by atoms with Gasteiger partial charge in [0, 0.05) is 25.7 Å². The molecule has 0 aromatic rings. The monoisotopic (exact) mass is 140 g/mol. The number of fused-ring (bicyclic) bond motifs is 1. The van der Waals surface area contributed by atoms with Gasteiger partial charge in [-0.15, -0.1) is 0 Å². The van der Waals surface area contributed by atoms with Gasteiger partial charge >= 0.3 is 0 Å². The predicted octanol–water partition coefficient (Wildman–Crippen LogP) is 0.396. The van der Waals surface area contributed by atoms with Crippen LogP contribution in [0.5, 0.6) is 0 Å². The summed E-state index contributed by atoms with van der Waals surface area (Å²) in [6, 6.07) is 0.902. The van der Waals surface area contributed by atoms with Crippen LogP contribution in [-0.4, -0.2) is 49.1 Å². The first kappa shape index (κ1) is 6.62. The zero-order valence-electron chi connectivity index (χ0n) is 6.71. The van der Waals surface area contributed by atoms with Crippen molar-refractivity contribution in [2.75, 3.05) is 33.2 Å². The smallest absolute Gasteiger partial charge is 0.0224 e. The van der Waals surface area contributed by atoms with Crippen LogP contribution in [0.1, 0.15) is 12.8 Å². The number of piperazine rings is 1. The highest BCUT2D eigenvalue weighted by Crippen LogP contribution is 2.20. The van der Waals surface area contributed by atoms with E-state index in [-0.39, 0.29) is 0 Å². The molecule has 2 saturated heterocycles. The lowest BCUT2D eigenvalue weighted by molar-refractivity contribution is 0.124. The first-order chi connectivity index (χ1) is 4.86. The summed E-state index contributed by atoms with van der Waals surface area (Å²) in [7, 11) is 2.23. The molecule has 2 aliphatic rings. The number of likely N-dealkylation sites (N-methyl/N-ethyl adjacent to an activating group) is 1. The zero-order chi connectivity index (χ0) is 6.97. The minimum atomic E-state index is 0.902. The Kier molecular flexibility index (Phi) is 1.66. The van der Waals surface area contributed by atoms with E-state index in [4.69, 9.17) is 0 Å². The number of hydrogen-bond donors (Lipinski definition) is 0. The van der Waals surface area contributed by atoms with E-state index in [0.717, 1.165) is 6.04 Å². The van der Waals surface area contributed by atoms with Crippen molar-refractivity contribution >= 4 is 0 Å². The highest BCUT2D eigenvalue weighted by Gasteiger charge is 2.28. The van der Waals surface area contributed by atoms with Crippen molar-refractivity contribution in [3.8, 4) is 0 Å². The SMILES string of the molecule is CN1CCN2CCC[C@@H]2C1. The Hall–Kier alpha value is -0.0800. The highest BCUT2D eigenvalue weighted by molar-refractivity contribution is 4.85. The minimum Gasteiger partial charge on any atom is -0.304 e. The summed E-state index contributed by atoms with van der Waals surface area (Å²) in [6.07, 6.45) is 2.86. The molecular formula is C8H16N2. The largest absolute Gasteiger partial charge is 0.304 e. The summed E-state index contributed by atoms with van der Waals surface area (Å²) in [4.78, 5) is 5.09. The fourth-order valence-electron chi connectivity index (χ4n) is 2.15. The molecule has 2 heteroatoms. The van der Waals surface area contributed by atoms with Gasteiger partial charge in [0.15, 0.2) is 0 Å². The molecule has 0 aromatic heterocycles. The van der Waals surface area contributed by atoms with Crippen molar-refractivity contribution < 1.29 is 0 Å². The number of hydrogen-bond acceptors (Lipinski definition) is 2. The Balaban J connectivity index is 1.96. The second-order valence-corrected chi connectivity index (χ2v) is 3.59. The number of nitrogens with zero attached hydrogens (tertiary/aromatic N) is 2. The molecule has 0 N–H and O–H groups in total. The first-order valence-electron chi connectivity index (χ1n) is 4.29. The van der Waals surface area contributed by atoms with Crippen molar-refractivity contribution in [2.45, 2.75) is 18.9 Å². The van der Waals surface area contributed by atoms with E-state index in [1.165, 1.54) is 39.0 Å². The molecule has 0 unspecified atom stereocenters. The van der Waals surface area contributed by atoms with Crippen molar-refractivity contribution in [1.29, 1.82) is 0 Å². The van der Waals surface area contributed by atoms with E-state index in [1.807, 2.05) is 0 Å². The number of rotatable bonds is 0. The van der Waals surface area contributed by atoms with Gasteiger partial charge in [0.25, 0.3) is 0 Å². The third kappa shape index (κ3) is 1.06. The van der Waals surface area contributed by atoms with Gasteiger partial charge in [0.05, 0.1) is 0 Å². The van der Waals surface area contributed by atoms with Crippen molar-refractivity contribution in [1.82, 2.24) is 9.80 Å². The third-order valence-corrected chi connectivity index (χ3v) is 2.79. The second kappa shape index (κ2) is 2.51. The summed E-state index contributed by atoms with van der Waals surface area (Å²) in [6.45, 7) is 5.25. The van der Waals surface area contributed by atoms with Gasteiger partial charge in [0.1, 0.15) is 0 Å². The maximum absolute atomic E-state index is 2.64. The van der Waals surface area contributed by atoms with E-state index >= 15 is 0 Å². The van der Waals surface area contributed by atoms with E-state index in [1.54, 1.807) is 0 Å². The molecular weight excluding hydrogens is 124 g/mol. The Morgan fingerprint density at radius 1 is 1.20 bits per heavy atom. The quantitative estimate of drug-likeness (QED) is 0.480. The van der Waals surface area contributed by atoms with Crippen LogP contribution in [0.3, 0.4) is 0 Å². The van der Waals surface area contributed by atoms with Crippen LogP contribution < -0.4 is 0 Å². The van der Waals surface area contributed by atoms with Crippen LogP contribution in [0.4, 0.5) is 0 Å². The van der Waals surface area contributed by atoms with Crippen molar-refractivity contribution in [3.63, 3.8) is 0 Å². The van der Waals surface area contributed by atoms with Crippen molar-refractivity contribution in [2.24, 2.45) is 0 Å². The van der Waals surface area contributed by atoms with Gasteiger partial charge in [-0.1, -0.05) is 0 Å². The molecule has 0 bridgehead atoms. The Labute approximate surface area is 62.8 Å². The van der Waals surface area contributed by atoms with Crippen molar-refractivity contribution in [3.05, 3.63) is 0 Å². The van der Waals surface area contributed by atoms with Crippen LogP contribution in [0.2, 0.25) is 0 Å². The summed E-state index contributed by atoms with van der Waals surface area (Å²) in [5.74, 6) is 0. The standard InChI is InChI=1S/C8H16N2/c1-9-5-6-10-4-2-3-8(10)7-9/h8H,2-7H2,1H3/t8-/m1/s1. The molecule has 2 fully saturated rings. The third-order valence-electron chi connectivity index (χ3n) is 2.79. The van der Waals surface area contributed by atoms with Gasteiger partial charge in [-0.25, -0.2) is 0 Å². The lowest BCUT2D eigenvalue weighted by atomic mass is 10.2. The fraction of sp³-hybridized carbons (Fsp3) is 1.00. The average molecular weight is 140 g/mol. The molecule has 0 saturated carbocycles. The zero-order valence-corrected chi connectivity index (χ0v) is 6.71. The molecule has 0 amide bonds. The van der Waals surface area contributed by atoms with Gasteiger partial charge in [0.2, 0.25) is 0 Å². The van der Waals surface area contributed by atoms with Gasteiger partial charge in [-0.05, 0) is 26.4 Å². The Morgan fingerprint density at radius 2 is 2.10 bits per heavy atom. The maximum atomic E-state index is 2.64. The van der Waals surface area contributed by atoms with E-state index in [0.29, 0.717) is 0 Å². The molecule has 0 radical (unpaired) electrons. The molecule has 2 aliphatic heterocycles. The van der Waals surface area contributed by atoms with Gasteiger partial charge in [-0.2, -0.15) is 0 Å². The van der Waals surface area contributed by atoms with Crippen LogP contribution in [0.25, 0.3) is 0 Å². The lowest BCUT2D eigenvalue weighted by Gasteiger charge is -2.35. The molecule has 2 rings (SSSR count). The lowest BCUT2D eigenvalue weighted by Crippen LogP contribution is -2.48. The molecule has 0 spiro atoms. The highest BCUT2D eigenvalue weighted by atomic mass is 15.3. The molecule has 0 aliphatic carbocycles. The molecule has 2 nitrogen and oxygen atoms in total. The summed E-state index contributed by atoms with van der Waals surface area (Å²) < 4.78 is 0. The summed E-state index contributed by atoms with van der Waals surface area (Å²) >= 11 is 0. The normalized spacial score (nSPS) is 36.3. The average Bonchev–Trinajstić information content (AvgIpc) is 2.33. The maximum Gasteiger partial charge on any atom is 0.0224 e. The minimum absolute atomic E-state index is 0.902. The van der Waals surface area contributed by atoms with Gasteiger partial charge < -0.3 is 4.90 Å². The van der Waals surface area contributed by atoms with Crippen LogP contribution >= 0.6 is 0 Å². The van der Waals surface area contributed by atoms with E-state index < -0.39 is 0 Å². The molecule has 2 heterocycles. The molecule has 1 atom stereocenters. The van der Waals surface area contributed by atoms with Crippen LogP contribution in [0.15, 0.2) is 0 Å². The predicted molar refractivity (Wildman–Crippen MR) is 42.1 cm³/mol. The Morgan fingerprint density at radius 3 is 3.00 bits per heavy atom. The van der Waals surface area contributed by atoms with Crippen LogP contribution in [-0.2, 0) is 0 Å². The summed E-state index contributed by atoms with van der Waals surface area (Å²) in [5, 5.41) is 0. The molecule has 10 heavy (non-hydrogen) atoms. The Bertz CT molecular complexity index is 124. The van der Waals surface area contributed by atoms with Gasteiger partial charge in [-0.3, -0.25) is 4.90 Å². The first-order valence-corrected chi connectivity index (χ1v) is 4.29. The fourth-order valence-corrected chi connectivity index (χ4v) is 2.15. The molecule has 58 valence electrons. The van der Waals surface area contributed by atoms with Crippen LogP contribution in [0, 0.1) is 0 Å². The van der Waals surface area contributed by atoms with E-state index in [9.17, 15) is 0 Å². The molecule has 0 aromatic carbocycles. The topological polar surface area (TPSA) is 6.48 Å².